The number of aromatic hydroxyl groups is 1. The number of rotatable bonds is 4. The molecular formula is C21H15N3OS. The van der Waals surface area contributed by atoms with Gasteiger partial charge in [-0.05, 0) is 35.7 Å². The van der Waals surface area contributed by atoms with E-state index in [1.165, 1.54) is 0 Å². The van der Waals surface area contributed by atoms with E-state index in [0.717, 1.165) is 10.4 Å². The van der Waals surface area contributed by atoms with Crippen molar-refractivity contribution in [1.29, 1.82) is 0 Å². The van der Waals surface area contributed by atoms with Crippen molar-refractivity contribution in [1.82, 2.24) is 15.0 Å². The molecule has 0 atom stereocenters. The van der Waals surface area contributed by atoms with Gasteiger partial charge in [-0.1, -0.05) is 48.5 Å². The Labute approximate surface area is 155 Å². The van der Waals surface area contributed by atoms with Gasteiger partial charge in [-0.25, -0.2) is 15.0 Å². The predicted molar refractivity (Wildman–Crippen MR) is 106 cm³/mol. The molecule has 4 nitrogen and oxygen atoms in total. The van der Waals surface area contributed by atoms with E-state index in [1.54, 1.807) is 29.5 Å². The number of hydrogen-bond donors (Lipinski definition) is 1. The maximum Gasteiger partial charge on any atom is 0.167 e. The van der Waals surface area contributed by atoms with Crippen LogP contribution in [0.1, 0.15) is 10.7 Å². The summed E-state index contributed by atoms with van der Waals surface area (Å²) in [6.07, 6.45) is 3.84. The molecule has 0 aliphatic rings. The van der Waals surface area contributed by atoms with Crippen LogP contribution < -0.4 is 0 Å². The minimum absolute atomic E-state index is 0.144. The van der Waals surface area contributed by atoms with Crippen molar-refractivity contribution in [2.75, 3.05) is 0 Å². The maximum atomic E-state index is 10.2. The number of aromatic nitrogens is 3. The molecule has 4 rings (SSSR count). The van der Waals surface area contributed by atoms with Crippen LogP contribution in [-0.4, -0.2) is 20.1 Å². The summed E-state index contributed by atoms with van der Waals surface area (Å²) in [5.74, 6) is 1.71. The van der Waals surface area contributed by atoms with Crippen molar-refractivity contribution >= 4 is 23.5 Å². The van der Waals surface area contributed by atoms with E-state index in [-0.39, 0.29) is 5.75 Å². The van der Waals surface area contributed by atoms with E-state index in [1.807, 2.05) is 66.1 Å². The van der Waals surface area contributed by atoms with Gasteiger partial charge in [0.25, 0.3) is 0 Å². The zero-order valence-corrected chi connectivity index (χ0v) is 14.6. The van der Waals surface area contributed by atoms with Gasteiger partial charge in [0.15, 0.2) is 17.5 Å². The third-order valence-electron chi connectivity index (χ3n) is 3.77. The first-order valence-corrected chi connectivity index (χ1v) is 8.99. The molecule has 1 N–H and O–H groups in total. The van der Waals surface area contributed by atoms with Crippen LogP contribution >= 0.6 is 11.3 Å². The van der Waals surface area contributed by atoms with E-state index in [9.17, 15) is 5.11 Å². The number of para-hydroxylation sites is 1. The van der Waals surface area contributed by atoms with E-state index in [4.69, 9.17) is 0 Å². The molecular weight excluding hydrogens is 342 g/mol. The standard InChI is InChI=1S/C21H15N3OS/c25-18-11-5-4-10-17(18)21-23-19(13-12-16-9-6-14-26-16)22-20(24-21)15-7-2-1-3-8-15/h1-14,25H/b13-12+. The van der Waals surface area contributed by atoms with Crippen LogP contribution in [0.4, 0.5) is 0 Å². The number of thiophene rings is 1. The second-order valence-electron chi connectivity index (χ2n) is 5.57. The molecule has 0 aliphatic carbocycles. The Morgan fingerprint density at radius 3 is 2.27 bits per heavy atom. The Morgan fingerprint density at radius 1 is 0.731 bits per heavy atom. The Bertz CT molecular complexity index is 1040. The molecule has 0 radical (unpaired) electrons. The van der Waals surface area contributed by atoms with Gasteiger partial charge in [-0.15, -0.1) is 11.3 Å². The molecule has 0 aliphatic heterocycles. The first-order valence-electron chi connectivity index (χ1n) is 8.11. The zero-order valence-electron chi connectivity index (χ0n) is 13.8. The smallest absolute Gasteiger partial charge is 0.167 e. The number of benzene rings is 2. The van der Waals surface area contributed by atoms with Gasteiger partial charge in [0.2, 0.25) is 0 Å². The van der Waals surface area contributed by atoms with E-state index in [0.29, 0.717) is 23.0 Å². The minimum atomic E-state index is 0.144. The molecule has 0 unspecified atom stereocenters. The van der Waals surface area contributed by atoms with Crippen LogP contribution in [0.15, 0.2) is 72.1 Å². The van der Waals surface area contributed by atoms with Crippen molar-refractivity contribution in [3.8, 4) is 28.5 Å². The molecule has 0 saturated carbocycles. The fourth-order valence-electron chi connectivity index (χ4n) is 2.51. The van der Waals surface area contributed by atoms with Crippen molar-refractivity contribution in [2.45, 2.75) is 0 Å². The lowest BCUT2D eigenvalue weighted by atomic mass is 10.1. The second kappa shape index (κ2) is 7.29. The van der Waals surface area contributed by atoms with E-state index >= 15 is 0 Å². The largest absolute Gasteiger partial charge is 0.507 e. The number of hydrogen-bond acceptors (Lipinski definition) is 5. The molecule has 0 saturated heterocycles. The number of phenolic OH excluding ortho intramolecular Hbond substituents is 1. The summed E-state index contributed by atoms with van der Waals surface area (Å²) in [4.78, 5) is 14.8. The Hall–Kier alpha value is -3.31. The van der Waals surface area contributed by atoms with Gasteiger partial charge in [0.05, 0.1) is 5.56 Å². The maximum absolute atomic E-state index is 10.2. The van der Waals surface area contributed by atoms with Gasteiger partial charge in [0.1, 0.15) is 5.75 Å². The molecule has 126 valence electrons. The van der Waals surface area contributed by atoms with Crippen molar-refractivity contribution < 1.29 is 5.11 Å². The van der Waals surface area contributed by atoms with Crippen molar-refractivity contribution in [2.24, 2.45) is 0 Å². The van der Waals surface area contributed by atoms with Crippen LogP contribution in [0.3, 0.4) is 0 Å². The minimum Gasteiger partial charge on any atom is -0.507 e. The predicted octanol–water partition coefficient (Wildman–Crippen LogP) is 5.14. The molecule has 2 heterocycles. The number of phenols is 1. The third-order valence-corrected chi connectivity index (χ3v) is 4.61. The van der Waals surface area contributed by atoms with Crippen molar-refractivity contribution in [3.63, 3.8) is 0 Å². The summed E-state index contributed by atoms with van der Waals surface area (Å²) in [7, 11) is 0. The SMILES string of the molecule is Oc1ccccc1-c1nc(/C=C/c2cccs2)nc(-c2ccccc2)n1. The topological polar surface area (TPSA) is 58.9 Å². The van der Waals surface area contributed by atoms with Crippen LogP contribution in [0.5, 0.6) is 5.75 Å². The molecule has 0 spiro atoms. The Morgan fingerprint density at radius 2 is 1.50 bits per heavy atom. The lowest BCUT2D eigenvalue weighted by molar-refractivity contribution is 0.477. The van der Waals surface area contributed by atoms with Crippen LogP contribution in [-0.2, 0) is 0 Å². The number of nitrogens with zero attached hydrogens (tertiary/aromatic N) is 3. The lowest BCUT2D eigenvalue weighted by Crippen LogP contribution is -1.99. The summed E-state index contributed by atoms with van der Waals surface area (Å²) < 4.78 is 0. The van der Waals surface area contributed by atoms with Crippen molar-refractivity contribution in [3.05, 3.63) is 82.8 Å². The fraction of sp³-hybridized carbons (Fsp3) is 0. The first kappa shape index (κ1) is 16.2. The summed E-state index contributed by atoms with van der Waals surface area (Å²) in [5.41, 5.74) is 1.48. The zero-order chi connectivity index (χ0) is 17.8. The van der Waals surface area contributed by atoms with Gasteiger partial charge < -0.3 is 5.11 Å². The summed E-state index contributed by atoms with van der Waals surface area (Å²) >= 11 is 1.65. The average Bonchev–Trinajstić information content (AvgIpc) is 3.21. The molecule has 0 amide bonds. The highest BCUT2D eigenvalue weighted by Crippen LogP contribution is 2.27. The normalized spacial score (nSPS) is 11.1. The highest BCUT2D eigenvalue weighted by molar-refractivity contribution is 7.10. The molecule has 26 heavy (non-hydrogen) atoms. The van der Waals surface area contributed by atoms with Gasteiger partial charge >= 0.3 is 0 Å². The fourth-order valence-corrected chi connectivity index (χ4v) is 3.13. The summed E-state index contributed by atoms with van der Waals surface area (Å²) in [6.45, 7) is 0. The molecule has 2 aromatic heterocycles. The highest BCUT2D eigenvalue weighted by Gasteiger charge is 2.11. The van der Waals surface area contributed by atoms with Gasteiger partial charge in [0, 0.05) is 10.4 Å². The molecule has 4 aromatic rings. The van der Waals surface area contributed by atoms with E-state index < -0.39 is 0 Å². The van der Waals surface area contributed by atoms with Crippen LogP contribution in [0.25, 0.3) is 34.9 Å². The highest BCUT2D eigenvalue weighted by atomic mass is 32.1. The quantitative estimate of drug-likeness (QED) is 0.549. The monoisotopic (exact) mass is 357 g/mol. The summed E-state index contributed by atoms with van der Waals surface area (Å²) in [6, 6.07) is 20.8. The van der Waals surface area contributed by atoms with Gasteiger partial charge in [-0.3, -0.25) is 0 Å². The van der Waals surface area contributed by atoms with Crippen LogP contribution in [0, 0.1) is 0 Å². The van der Waals surface area contributed by atoms with Crippen LogP contribution in [0.2, 0.25) is 0 Å². The van der Waals surface area contributed by atoms with Gasteiger partial charge in [-0.2, -0.15) is 0 Å². The third kappa shape index (κ3) is 3.53. The molecule has 2 aromatic carbocycles. The molecule has 0 bridgehead atoms. The lowest BCUT2D eigenvalue weighted by Gasteiger charge is -2.07. The average molecular weight is 357 g/mol. The first-order chi connectivity index (χ1) is 12.8. The Kier molecular flexibility index (Phi) is 4.53. The van der Waals surface area contributed by atoms with E-state index in [2.05, 4.69) is 15.0 Å². The second-order valence-corrected chi connectivity index (χ2v) is 6.55. The molecule has 0 fully saturated rings. The Balaban J connectivity index is 1.83. The summed E-state index contributed by atoms with van der Waals surface area (Å²) in [5, 5.41) is 12.2. The molecule has 5 heteroatoms.